The van der Waals surface area contributed by atoms with E-state index in [0.717, 1.165) is 4.88 Å². The quantitative estimate of drug-likeness (QED) is 0.793. The fraction of sp³-hybridized carbons (Fsp3) is 0.231. The van der Waals surface area contributed by atoms with Crippen molar-refractivity contribution in [1.82, 2.24) is 10.1 Å². The largest absolute Gasteiger partial charge is 0.361 e. The van der Waals surface area contributed by atoms with Gasteiger partial charge in [0.1, 0.15) is 5.76 Å². The van der Waals surface area contributed by atoms with Crippen LogP contribution in [0.2, 0.25) is 4.34 Å². The summed E-state index contributed by atoms with van der Waals surface area (Å²) >= 11 is 7.34. The first-order chi connectivity index (χ1) is 9.10. The SMILES string of the molecule is C=CCN(Cc1ccc(Cl)s1)C(=O)c1cc(C)on1. The molecule has 2 aromatic rings. The molecule has 1 amide bonds. The lowest BCUT2D eigenvalue weighted by molar-refractivity contribution is 0.0753. The summed E-state index contributed by atoms with van der Waals surface area (Å²) in [5.74, 6) is 0.433. The number of carbonyl (C=O) groups is 1. The van der Waals surface area contributed by atoms with E-state index in [1.54, 1.807) is 24.0 Å². The average molecular weight is 297 g/mol. The molecule has 0 radical (unpaired) electrons. The van der Waals surface area contributed by atoms with Crippen LogP contribution in [0.5, 0.6) is 0 Å². The fourth-order valence-electron chi connectivity index (χ4n) is 1.63. The Bertz CT molecular complexity index is 591. The highest BCUT2D eigenvalue weighted by Crippen LogP contribution is 2.23. The molecule has 0 aliphatic rings. The van der Waals surface area contributed by atoms with Gasteiger partial charge >= 0.3 is 0 Å². The van der Waals surface area contributed by atoms with E-state index in [2.05, 4.69) is 11.7 Å². The van der Waals surface area contributed by atoms with Crippen molar-refractivity contribution in [3.63, 3.8) is 0 Å². The van der Waals surface area contributed by atoms with E-state index >= 15 is 0 Å². The Balaban J connectivity index is 2.15. The second-order valence-electron chi connectivity index (χ2n) is 4.00. The summed E-state index contributed by atoms with van der Waals surface area (Å²) in [5.41, 5.74) is 0.307. The minimum absolute atomic E-state index is 0.179. The number of hydrogen-bond acceptors (Lipinski definition) is 4. The van der Waals surface area contributed by atoms with Gasteiger partial charge in [-0.05, 0) is 19.1 Å². The van der Waals surface area contributed by atoms with Gasteiger partial charge in [-0.15, -0.1) is 17.9 Å². The van der Waals surface area contributed by atoms with Crippen molar-refractivity contribution >= 4 is 28.8 Å². The summed E-state index contributed by atoms with van der Waals surface area (Å²) in [5, 5.41) is 3.74. The number of hydrogen-bond donors (Lipinski definition) is 0. The van der Waals surface area contributed by atoms with Crippen molar-refractivity contribution in [2.75, 3.05) is 6.54 Å². The summed E-state index contributed by atoms with van der Waals surface area (Å²) in [4.78, 5) is 14.9. The van der Waals surface area contributed by atoms with Crippen molar-refractivity contribution < 1.29 is 9.32 Å². The minimum Gasteiger partial charge on any atom is -0.361 e. The Morgan fingerprint density at radius 3 is 2.95 bits per heavy atom. The molecule has 0 N–H and O–H groups in total. The predicted octanol–water partition coefficient (Wildman–Crippen LogP) is 3.53. The van der Waals surface area contributed by atoms with Gasteiger partial charge in [-0.3, -0.25) is 4.79 Å². The number of aryl methyl sites for hydroxylation is 1. The first kappa shape index (κ1) is 13.8. The maximum absolute atomic E-state index is 12.3. The number of rotatable bonds is 5. The molecule has 0 unspecified atom stereocenters. The number of carbonyl (C=O) groups excluding carboxylic acids is 1. The highest BCUT2D eigenvalue weighted by atomic mass is 35.5. The topological polar surface area (TPSA) is 46.3 Å². The zero-order valence-electron chi connectivity index (χ0n) is 10.4. The van der Waals surface area contributed by atoms with Gasteiger partial charge in [-0.25, -0.2) is 0 Å². The molecule has 6 heteroatoms. The molecule has 2 heterocycles. The second kappa shape index (κ2) is 6.04. The molecule has 0 saturated heterocycles. The lowest BCUT2D eigenvalue weighted by Gasteiger charge is -2.18. The predicted molar refractivity (Wildman–Crippen MR) is 75.5 cm³/mol. The summed E-state index contributed by atoms with van der Waals surface area (Å²) in [6.45, 7) is 6.34. The third kappa shape index (κ3) is 3.45. The summed E-state index contributed by atoms with van der Waals surface area (Å²) in [7, 11) is 0. The molecule has 19 heavy (non-hydrogen) atoms. The second-order valence-corrected chi connectivity index (χ2v) is 5.80. The highest BCUT2D eigenvalue weighted by Gasteiger charge is 2.19. The average Bonchev–Trinajstić information content (AvgIpc) is 2.97. The number of aromatic nitrogens is 1. The van der Waals surface area contributed by atoms with Crippen molar-refractivity contribution in [2.24, 2.45) is 0 Å². The standard InChI is InChI=1S/C13H13ClN2O2S/c1-3-6-16(8-10-4-5-12(14)19-10)13(17)11-7-9(2)18-15-11/h3-5,7H,1,6,8H2,2H3. The van der Waals surface area contributed by atoms with Gasteiger partial charge in [0.2, 0.25) is 0 Å². The summed E-state index contributed by atoms with van der Waals surface area (Å²) in [6, 6.07) is 5.35. The normalized spacial score (nSPS) is 10.4. The van der Waals surface area contributed by atoms with Crippen LogP contribution in [0.4, 0.5) is 0 Å². The molecular weight excluding hydrogens is 284 g/mol. The molecule has 2 rings (SSSR count). The van der Waals surface area contributed by atoms with Gasteiger partial charge in [-0.2, -0.15) is 0 Å². The molecule has 0 aliphatic heterocycles. The minimum atomic E-state index is -0.179. The third-order valence-corrected chi connectivity index (χ3v) is 3.68. The fourth-order valence-corrected chi connectivity index (χ4v) is 2.73. The zero-order valence-corrected chi connectivity index (χ0v) is 12.0. The van der Waals surface area contributed by atoms with E-state index in [0.29, 0.717) is 28.9 Å². The van der Waals surface area contributed by atoms with E-state index in [1.165, 1.54) is 11.3 Å². The molecular formula is C13H13ClN2O2S. The Hall–Kier alpha value is -1.59. The molecule has 100 valence electrons. The molecule has 4 nitrogen and oxygen atoms in total. The molecule has 0 fully saturated rings. The Labute approximate surface area is 120 Å². The van der Waals surface area contributed by atoms with E-state index < -0.39 is 0 Å². The van der Waals surface area contributed by atoms with Gasteiger partial charge in [0.15, 0.2) is 5.69 Å². The number of thiophene rings is 1. The molecule has 0 bridgehead atoms. The van der Waals surface area contributed by atoms with Gasteiger partial charge in [0.25, 0.3) is 5.91 Å². The van der Waals surface area contributed by atoms with Crippen LogP contribution in [0, 0.1) is 6.92 Å². The van der Waals surface area contributed by atoms with Crippen molar-refractivity contribution in [1.29, 1.82) is 0 Å². The maximum atomic E-state index is 12.3. The Morgan fingerprint density at radius 2 is 2.42 bits per heavy atom. The zero-order chi connectivity index (χ0) is 13.8. The van der Waals surface area contributed by atoms with E-state index in [-0.39, 0.29) is 5.91 Å². The molecule has 0 saturated carbocycles. The van der Waals surface area contributed by atoms with Crippen LogP contribution >= 0.6 is 22.9 Å². The number of halogens is 1. The molecule has 0 atom stereocenters. The molecule has 2 aromatic heterocycles. The monoisotopic (exact) mass is 296 g/mol. The van der Waals surface area contributed by atoms with Gasteiger partial charge in [0.05, 0.1) is 10.9 Å². The van der Waals surface area contributed by atoms with Crippen LogP contribution in [0.15, 0.2) is 35.4 Å². The smallest absolute Gasteiger partial charge is 0.276 e. The van der Waals surface area contributed by atoms with Crippen LogP contribution in [-0.4, -0.2) is 22.5 Å². The Kier molecular flexibility index (Phi) is 4.39. The molecule has 0 spiro atoms. The highest BCUT2D eigenvalue weighted by molar-refractivity contribution is 7.16. The molecule has 0 aromatic carbocycles. The first-order valence-corrected chi connectivity index (χ1v) is 6.87. The maximum Gasteiger partial charge on any atom is 0.276 e. The van der Waals surface area contributed by atoms with E-state index in [1.807, 2.05) is 12.1 Å². The van der Waals surface area contributed by atoms with Gasteiger partial charge in [-0.1, -0.05) is 22.8 Å². The van der Waals surface area contributed by atoms with Crippen LogP contribution in [0.3, 0.4) is 0 Å². The molecule has 0 aliphatic carbocycles. The van der Waals surface area contributed by atoms with Crippen molar-refractivity contribution in [3.05, 3.63) is 51.5 Å². The third-order valence-electron chi connectivity index (χ3n) is 2.46. The summed E-state index contributed by atoms with van der Waals surface area (Å²) in [6.07, 6.45) is 1.68. The van der Waals surface area contributed by atoms with E-state index in [4.69, 9.17) is 16.1 Å². The Morgan fingerprint density at radius 1 is 1.63 bits per heavy atom. The van der Waals surface area contributed by atoms with Crippen molar-refractivity contribution in [3.8, 4) is 0 Å². The lowest BCUT2D eigenvalue weighted by Crippen LogP contribution is -2.30. The van der Waals surface area contributed by atoms with Gasteiger partial charge < -0.3 is 9.42 Å². The summed E-state index contributed by atoms with van der Waals surface area (Å²) < 4.78 is 5.63. The van der Waals surface area contributed by atoms with Crippen LogP contribution in [0.1, 0.15) is 21.1 Å². The van der Waals surface area contributed by atoms with Crippen LogP contribution in [-0.2, 0) is 6.54 Å². The number of nitrogens with zero attached hydrogens (tertiary/aromatic N) is 2. The van der Waals surface area contributed by atoms with Crippen molar-refractivity contribution in [2.45, 2.75) is 13.5 Å². The van der Waals surface area contributed by atoms with Gasteiger partial charge in [0, 0.05) is 17.5 Å². The lowest BCUT2D eigenvalue weighted by atomic mass is 10.3. The first-order valence-electron chi connectivity index (χ1n) is 5.68. The van der Waals surface area contributed by atoms with Crippen LogP contribution in [0.25, 0.3) is 0 Å². The van der Waals surface area contributed by atoms with Crippen LogP contribution < -0.4 is 0 Å². The number of amides is 1. The van der Waals surface area contributed by atoms with E-state index in [9.17, 15) is 4.79 Å².